The van der Waals surface area contributed by atoms with Crippen LogP contribution in [0.1, 0.15) is 34.2 Å². The Morgan fingerprint density at radius 2 is 0.656 bits per heavy atom. The first-order chi connectivity index (χ1) is 64.0. The molecular formula is C96H75N31O4. The highest BCUT2D eigenvalue weighted by Crippen LogP contribution is 2.35. The van der Waals surface area contributed by atoms with E-state index in [-0.39, 0.29) is 49.8 Å². The number of carbonyl (C=O) groups excluding carboxylic acids is 4. The average molecular weight is 1730 g/mol. The van der Waals surface area contributed by atoms with Crippen LogP contribution in [0.2, 0.25) is 0 Å². The largest absolute Gasteiger partial charge is 0.338 e. The summed E-state index contributed by atoms with van der Waals surface area (Å²) < 4.78 is 7.25. The molecule has 20 heterocycles. The lowest BCUT2D eigenvalue weighted by atomic mass is 9.99. The lowest BCUT2D eigenvalue weighted by Crippen LogP contribution is -2.19. The van der Waals surface area contributed by atoms with Gasteiger partial charge in [0.05, 0.1) is 75.7 Å². The van der Waals surface area contributed by atoms with Crippen molar-refractivity contribution in [2.24, 2.45) is 0 Å². The van der Waals surface area contributed by atoms with Gasteiger partial charge in [-0.2, -0.15) is 5.26 Å². The van der Waals surface area contributed by atoms with Crippen molar-refractivity contribution in [1.82, 2.24) is 128 Å². The molecule has 20 aromatic rings. The third kappa shape index (κ3) is 20.3. The van der Waals surface area contributed by atoms with Crippen LogP contribution in [-0.2, 0) is 45.4 Å². The summed E-state index contributed by atoms with van der Waals surface area (Å²) in [6.07, 6.45) is 45.4. The number of nitrogens with one attached hydrogen (secondary N) is 4. The number of carbonyl (C=O) groups is 4. The minimum absolute atomic E-state index is 0.0464. The van der Waals surface area contributed by atoms with Crippen LogP contribution in [0.15, 0.2) is 295 Å². The summed E-state index contributed by atoms with van der Waals surface area (Å²) in [4.78, 5) is 145. The normalized spacial score (nSPS) is 10.9. The quantitative estimate of drug-likeness (QED) is 0.0550. The van der Waals surface area contributed by atoms with Crippen molar-refractivity contribution in [3.8, 4) is 96.0 Å². The van der Waals surface area contributed by atoms with E-state index in [1.807, 2.05) is 165 Å². The number of rotatable bonds is 20. The van der Waals surface area contributed by atoms with Gasteiger partial charge in [-0.25, -0.2) is 44.9 Å². The monoisotopic (exact) mass is 1730 g/mol. The van der Waals surface area contributed by atoms with E-state index in [0.29, 0.717) is 57.3 Å². The first kappa shape index (κ1) is 84.7. The fourth-order valence-electron chi connectivity index (χ4n) is 14.4. The molecule has 4 N–H and O–H groups in total. The molecular weight excluding hydrogens is 1650 g/mol. The predicted octanol–water partition coefficient (Wildman–Crippen LogP) is 14.6. The SMILES string of the molecule is Cc1cc(-c2c(C#N)cnc3c2ccn3CC(=O)Nc2ccc(-c3cnccn3)cn2)ccn1.Cc1cc(-c2nc(C)nc3c2ccn3CC(=O)Nc2ccc(-c3cnccn3)cn2)ccn1.Cc1cc(-c2nccc3c2ccn3CC(=O)Nc2ccc(-c3cnccn3)cn2)ccn1.Cc1cc(-c2ncnc3c2ccn3CC(=O)Nc2ccc(-c3cnccn3)cn2)ccn1. The van der Waals surface area contributed by atoms with Gasteiger partial charge in [0.15, 0.2) is 0 Å². The van der Waals surface area contributed by atoms with Gasteiger partial charge >= 0.3 is 0 Å². The number of nitriles is 1. The lowest BCUT2D eigenvalue weighted by molar-refractivity contribution is -0.117. The fraction of sp³-hybridized carbons (Fsp3) is 0.0938. The van der Waals surface area contributed by atoms with Crippen LogP contribution in [0.25, 0.3) is 134 Å². The standard InChI is InChI=1S/C25H18N8O.C24H20N8O.C24H19N7O.C23H18N8O/c1-16-10-17(4-6-28-16)24-19(11-26)13-31-25-20(24)5-9-33(25)15-23(34)32-22-3-2-18(12-30-22)21-14-27-7-8-29-21;1-15-11-17(5-7-26-15)23-19-6-10-32(24(19)30-16(2)29-23)14-22(33)31-21-4-3-18(12-28-21)20-13-25-8-9-27-20;1-16-12-17(4-7-26-16)24-19-6-11-31(21(19)5-8-28-24)15-23(32)30-22-3-2-18(13-29-22)20-14-25-9-10-27-20;1-15-10-16(4-6-25-15)22-18-5-9-31(23(18)29-14-28-22)13-21(32)30-20-3-2-17(11-27-20)19-12-24-7-8-26-19/h2-10,12-14H,15H2,1H3,(H,30,32,34);3-13H,14H2,1-2H3,(H,28,31,33);2-14H,15H2,1H3,(H,29,30,32);2-12,14H,13H2,1H3,(H,27,30,32). The molecule has 0 atom stereocenters. The van der Waals surface area contributed by atoms with Crippen LogP contribution in [0.5, 0.6) is 0 Å². The maximum atomic E-state index is 12.7. The number of amides is 4. The van der Waals surface area contributed by atoms with Crippen LogP contribution in [0.3, 0.4) is 0 Å². The molecule has 0 fully saturated rings. The van der Waals surface area contributed by atoms with Gasteiger partial charge in [-0.1, -0.05) is 0 Å². The second kappa shape index (κ2) is 39.1. The van der Waals surface area contributed by atoms with E-state index >= 15 is 0 Å². The average Bonchev–Trinajstić information content (AvgIpc) is 1.67. The molecule has 0 unspecified atom stereocenters. The number of hydrogen-bond acceptors (Lipinski definition) is 27. The summed E-state index contributed by atoms with van der Waals surface area (Å²) >= 11 is 0. The topological polar surface area (TPSA) is 443 Å². The van der Waals surface area contributed by atoms with Crippen molar-refractivity contribution in [1.29, 1.82) is 5.26 Å². The fourth-order valence-corrected chi connectivity index (χ4v) is 14.4. The van der Waals surface area contributed by atoms with Crippen LogP contribution in [0, 0.1) is 45.9 Å². The van der Waals surface area contributed by atoms with Crippen LogP contribution in [-0.4, -0.2) is 152 Å². The van der Waals surface area contributed by atoms with Crippen molar-refractivity contribution in [3.63, 3.8) is 0 Å². The Kier molecular flexibility index (Phi) is 25.3. The third-order valence-corrected chi connectivity index (χ3v) is 20.4. The Balaban J connectivity index is 0.000000122. The van der Waals surface area contributed by atoms with Crippen molar-refractivity contribution in [2.45, 2.75) is 60.8 Å². The minimum Gasteiger partial charge on any atom is -0.338 e. The molecule has 20 rings (SSSR count). The van der Waals surface area contributed by atoms with Gasteiger partial charge in [-0.05, 0) is 168 Å². The first-order valence-corrected chi connectivity index (χ1v) is 40.8. The summed E-state index contributed by atoms with van der Waals surface area (Å²) in [5.74, 6) is 1.64. The summed E-state index contributed by atoms with van der Waals surface area (Å²) in [5.41, 5.74) is 20.2. The van der Waals surface area contributed by atoms with Crippen LogP contribution >= 0.6 is 0 Å². The molecule has 0 aliphatic heterocycles. The molecule has 0 spiro atoms. The zero-order chi connectivity index (χ0) is 90.1. The molecule has 0 aliphatic rings. The second-order valence-corrected chi connectivity index (χ2v) is 29.6. The van der Waals surface area contributed by atoms with Crippen molar-refractivity contribution in [3.05, 3.63) is 329 Å². The molecule has 0 aliphatic carbocycles. The molecule has 0 saturated heterocycles. The van der Waals surface area contributed by atoms with Gasteiger partial charge in [0.1, 0.15) is 84.6 Å². The minimum atomic E-state index is -0.246. The van der Waals surface area contributed by atoms with Crippen molar-refractivity contribution in [2.75, 3.05) is 21.3 Å². The molecule has 20 aromatic heterocycles. The van der Waals surface area contributed by atoms with E-state index in [1.165, 1.54) is 12.5 Å². The van der Waals surface area contributed by atoms with Gasteiger partial charge in [-0.3, -0.25) is 84.0 Å². The number of hydrogen-bond donors (Lipinski definition) is 4. The second-order valence-electron chi connectivity index (χ2n) is 29.6. The summed E-state index contributed by atoms with van der Waals surface area (Å²) in [5, 5.41) is 24.5. The molecule has 638 valence electrons. The molecule has 0 radical (unpaired) electrons. The third-order valence-electron chi connectivity index (χ3n) is 20.4. The van der Waals surface area contributed by atoms with Gasteiger partial charge < -0.3 is 39.5 Å². The van der Waals surface area contributed by atoms with Gasteiger partial charge in [0, 0.05) is 225 Å². The van der Waals surface area contributed by atoms with Gasteiger partial charge in [-0.15, -0.1) is 0 Å². The summed E-state index contributed by atoms with van der Waals surface area (Å²) in [7, 11) is 0. The van der Waals surface area contributed by atoms with Gasteiger partial charge in [0.2, 0.25) is 23.6 Å². The summed E-state index contributed by atoms with van der Waals surface area (Å²) in [6.45, 7) is 9.98. The highest BCUT2D eigenvalue weighted by Gasteiger charge is 2.21. The number of anilines is 4. The highest BCUT2D eigenvalue weighted by molar-refractivity contribution is 6.00. The Bertz CT molecular complexity index is 7350. The van der Waals surface area contributed by atoms with Crippen molar-refractivity contribution < 1.29 is 19.2 Å². The van der Waals surface area contributed by atoms with E-state index < -0.39 is 0 Å². The Labute approximate surface area is 746 Å². The lowest BCUT2D eigenvalue weighted by Gasteiger charge is -2.09. The predicted molar refractivity (Wildman–Crippen MR) is 491 cm³/mol. The van der Waals surface area contributed by atoms with Crippen LogP contribution < -0.4 is 21.3 Å². The maximum absolute atomic E-state index is 12.7. The number of pyridine rings is 10. The molecule has 0 bridgehead atoms. The molecule has 0 aromatic carbocycles. The van der Waals surface area contributed by atoms with Crippen molar-refractivity contribution >= 4 is 90.9 Å². The Hall–Kier alpha value is -18.5. The zero-order valence-corrected chi connectivity index (χ0v) is 70.7. The number of aromatic nitrogens is 26. The Morgan fingerprint density at radius 3 is 1.06 bits per heavy atom. The van der Waals surface area contributed by atoms with E-state index in [2.05, 4.69) is 137 Å². The highest BCUT2D eigenvalue weighted by atomic mass is 16.2. The van der Waals surface area contributed by atoms with E-state index in [1.54, 1.807) is 170 Å². The molecule has 0 saturated carbocycles. The summed E-state index contributed by atoms with van der Waals surface area (Å²) in [6, 6.07) is 41.7. The van der Waals surface area contributed by atoms with E-state index in [0.717, 1.165) is 134 Å². The van der Waals surface area contributed by atoms with Gasteiger partial charge in [0.25, 0.3) is 0 Å². The number of aryl methyl sites for hydroxylation is 5. The molecule has 35 nitrogen and oxygen atoms in total. The molecule has 4 amide bonds. The maximum Gasteiger partial charge on any atom is 0.245 e. The van der Waals surface area contributed by atoms with E-state index in [9.17, 15) is 24.4 Å². The van der Waals surface area contributed by atoms with E-state index in [4.69, 9.17) is 0 Å². The Morgan fingerprint density at radius 1 is 0.298 bits per heavy atom. The zero-order valence-electron chi connectivity index (χ0n) is 70.7. The molecule has 35 heteroatoms. The first-order valence-electron chi connectivity index (χ1n) is 40.8. The van der Waals surface area contributed by atoms with Crippen LogP contribution in [0.4, 0.5) is 23.3 Å². The number of nitrogens with zero attached hydrogens (tertiary/aromatic N) is 27. The smallest absolute Gasteiger partial charge is 0.245 e. The number of fused-ring (bicyclic) bond motifs is 4. The molecule has 131 heavy (non-hydrogen) atoms.